The molecular formula is C14H28N2O. The topological polar surface area (TPSA) is 32.3 Å². The van der Waals surface area contributed by atoms with Crippen LogP contribution in [0.25, 0.3) is 0 Å². The average Bonchev–Trinajstić information content (AvgIpc) is 2.34. The van der Waals surface area contributed by atoms with E-state index in [1.54, 1.807) is 0 Å². The number of piperidine rings is 1. The van der Waals surface area contributed by atoms with Crippen molar-refractivity contribution in [3.05, 3.63) is 0 Å². The summed E-state index contributed by atoms with van der Waals surface area (Å²) < 4.78 is 0. The van der Waals surface area contributed by atoms with E-state index in [1.807, 2.05) is 6.92 Å². The quantitative estimate of drug-likeness (QED) is 0.799. The second-order valence-corrected chi connectivity index (χ2v) is 5.54. The number of rotatable bonds is 5. The summed E-state index contributed by atoms with van der Waals surface area (Å²) in [5.41, 5.74) is 0. The van der Waals surface area contributed by atoms with E-state index in [1.165, 1.54) is 6.42 Å². The molecule has 1 fully saturated rings. The Morgan fingerprint density at radius 2 is 2.06 bits per heavy atom. The van der Waals surface area contributed by atoms with Gasteiger partial charge in [0.25, 0.3) is 0 Å². The second kappa shape index (κ2) is 7.00. The molecule has 0 aromatic heterocycles. The molecule has 0 bridgehead atoms. The summed E-state index contributed by atoms with van der Waals surface area (Å²) >= 11 is 0. The maximum absolute atomic E-state index is 11.9. The van der Waals surface area contributed by atoms with Crippen molar-refractivity contribution in [2.75, 3.05) is 19.6 Å². The number of carbonyl (C=O) groups is 1. The highest BCUT2D eigenvalue weighted by Crippen LogP contribution is 2.24. The Labute approximate surface area is 106 Å². The first-order valence-corrected chi connectivity index (χ1v) is 7.09. The molecule has 0 radical (unpaired) electrons. The standard InChI is InChI=1S/C14H28N2O/c1-5-7-15-13-8-12(11(3)4)9-16(10-13)14(17)6-2/h11-13,15H,5-10H2,1-4H3. The van der Waals surface area contributed by atoms with Crippen LogP contribution in [-0.2, 0) is 4.79 Å². The molecule has 1 aliphatic heterocycles. The third-order valence-electron chi connectivity index (χ3n) is 3.76. The second-order valence-electron chi connectivity index (χ2n) is 5.54. The number of nitrogens with one attached hydrogen (secondary N) is 1. The first-order valence-electron chi connectivity index (χ1n) is 7.09. The molecule has 0 spiro atoms. The Kier molecular flexibility index (Phi) is 5.96. The van der Waals surface area contributed by atoms with E-state index < -0.39 is 0 Å². The summed E-state index contributed by atoms with van der Waals surface area (Å²) in [7, 11) is 0. The predicted molar refractivity (Wildman–Crippen MR) is 71.9 cm³/mol. The summed E-state index contributed by atoms with van der Waals surface area (Å²) in [6, 6.07) is 0.492. The fraction of sp³-hybridized carbons (Fsp3) is 0.929. The van der Waals surface area contributed by atoms with E-state index in [2.05, 4.69) is 31.0 Å². The van der Waals surface area contributed by atoms with Crippen LogP contribution in [-0.4, -0.2) is 36.5 Å². The molecule has 3 nitrogen and oxygen atoms in total. The molecule has 3 heteroatoms. The van der Waals surface area contributed by atoms with Crippen LogP contribution in [0.4, 0.5) is 0 Å². The van der Waals surface area contributed by atoms with Gasteiger partial charge in [0.05, 0.1) is 0 Å². The minimum Gasteiger partial charge on any atom is -0.341 e. The maximum atomic E-state index is 11.9. The normalized spacial score (nSPS) is 25.4. The fourth-order valence-electron chi connectivity index (χ4n) is 2.54. The number of likely N-dealkylation sites (tertiary alicyclic amines) is 1. The zero-order chi connectivity index (χ0) is 12.8. The predicted octanol–water partition coefficient (Wildman–Crippen LogP) is 2.27. The molecule has 1 heterocycles. The van der Waals surface area contributed by atoms with Gasteiger partial charge < -0.3 is 10.2 Å². The lowest BCUT2D eigenvalue weighted by Gasteiger charge is -2.40. The molecule has 17 heavy (non-hydrogen) atoms. The van der Waals surface area contributed by atoms with Gasteiger partial charge in [0.15, 0.2) is 0 Å². The molecule has 1 rings (SSSR count). The van der Waals surface area contributed by atoms with Crippen LogP contribution >= 0.6 is 0 Å². The fourth-order valence-corrected chi connectivity index (χ4v) is 2.54. The van der Waals surface area contributed by atoms with Gasteiger partial charge in [0.1, 0.15) is 0 Å². The number of carbonyl (C=O) groups excluding carboxylic acids is 1. The molecule has 0 aliphatic carbocycles. The van der Waals surface area contributed by atoms with E-state index in [0.717, 1.165) is 26.1 Å². The molecule has 1 amide bonds. The first-order chi connectivity index (χ1) is 8.08. The van der Waals surface area contributed by atoms with Crippen molar-refractivity contribution < 1.29 is 4.79 Å². The molecule has 0 aromatic rings. The lowest BCUT2D eigenvalue weighted by molar-refractivity contribution is -0.133. The van der Waals surface area contributed by atoms with Gasteiger partial charge >= 0.3 is 0 Å². The molecule has 100 valence electrons. The summed E-state index contributed by atoms with van der Waals surface area (Å²) in [6.07, 6.45) is 3.00. The van der Waals surface area contributed by atoms with Gasteiger partial charge in [-0.05, 0) is 31.2 Å². The van der Waals surface area contributed by atoms with Crippen LogP contribution in [0.3, 0.4) is 0 Å². The molecule has 1 saturated heterocycles. The SMILES string of the molecule is CCCNC1CC(C(C)C)CN(C(=O)CC)C1. The Morgan fingerprint density at radius 1 is 1.35 bits per heavy atom. The van der Waals surface area contributed by atoms with Crippen molar-refractivity contribution in [3.8, 4) is 0 Å². The van der Waals surface area contributed by atoms with Crippen molar-refractivity contribution in [1.29, 1.82) is 0 Å². The van der Waals surface area contributed by atoms with Crippen molar-refractivity contribution in [2.45, 2.75) is 53.0 Å². The molecule has 2 atom stereocenters. The lowest BCUT2D eigenvalue weighted by Crippen LogP contribution is -2.52. The molecule has 0 aromatic carbocycles. The third kappa shape index (κ3) is 4.30. The molecule has 1 aliphatic rings. The Morgan fingerprint density at radius 3 is 2.59 bits per heavy atom. The van der Waals surface area contributed by atoms with Gasteiger partial charge in [-0.25, -0.2) is 0 Å². The van der Waals surface area contributed by atoms with Crippen LogP contribution < -0.4 is 5.32 Å². The Bertz CT molecular complexity index is 240. The van der Waals surface area contributed by atoms with E-state index >= 15 is 0 Å². The van der Waals surface area contributed by atoms with E-state index in [-0.39, 0.29) is 0 Å². The minimum absolute atomic E-state index is 0.304. The number of amides is 1. The smallest absolute Gasteiger partial charge is 0.222 e. The highest BCUT2D eigenvalue weighted by molar-refractivity contribution is 5.76. The largest absolute Gasteiger partial charge is 0.341 e. The molecule has 1 N–H and O–H groups in total. The van der Waals surface area contributed by atoms with Crippen LogP contribution in [0.5, 0.6) is 0 Å². The van der Waals surface area contributed by atoms with Crippen LogP contribution in [0.1, 0.15) is 47.0 Å². The van der Waals surface area contributed by atoms with Crippen molar-refractivity contribution >= 4 is 5.91 Å². The van der Waals surface area contributed by atoms with Crippen molar-refractivity contribution in [2.24, 2.45) is 11.8 Å². The van der Waals surface area contributed by atoms with Gasteiger partial charge in [-0.2, -0.15) is 0 Å². The summed E-state index contributed by atoms with van der Waals surface area (Å²) in [6.45, 7) is 11.6. The molecular weight excluding hydrogens is 212 g/mol. The average molecular weight is 240 g/mol. The van der Waals surface area contributed by atoms with E-state index in [0.29, 0.717) is 30.2 Å². The van der Waals surface area contributed by atoms with Crippen molar-refractivity contribution in [3.63, 3.8) is 0 Å². The number of nitrogens with zero attached hydrogens (tertiary/aromatic N) is 1. The summed E-state index contributed by atoms with van der Waals surface area (Å²) in [5, 5.41) is 3.57. The monoisotopic (exact) mass is 240 g/mol. The van der Waals surface area contributed by atoms with Gasteiger partial charge in [0.2, 0.25) is 5.91 Å². The molecule has 0 saturated carbocycles. The van der Waals surface area contributed by atoms with Gasteiger partial charge in [-0.1, -0.05) is 27.7 Å². The van der Waals surface area contributed by atoms with Gasteiger partial charge in [-0.3, -0.25) is 4.79 Å². The number of hydrogen-bond acceptors (Lipinski definition) is 2. The van der Waals surface area contributed by atoms with Crippen LogP contribution in [0.15, 0.2) is 0 Å². The van der Waals surface area contributed by atoms with Crippen LogP contribution in [0.2, 0.25) is 0 Å². The maximum Gasteiger partial charge on any atom is 0.222 e. The third-order valence-corrected chi connectivity index (χ3v) is 3.76. The van der Waals surface area contributed by atoms with Crippen LogP contribution in [0, 0.1) is 11.8 Å². The highest BCUT2D eigenvalue weighted by Gasteiger charge is 2.30. The lowest BCUT2D eigenvalue weighted by atomic mass is 9.85. The Balaban J connectivity index is 2.59. The zero-order valence-corrected chi connectivity index (χ0v) is 11.8. The van der Waals surface area contributed by atoms with Crippen molar-refractivity contribution in [1.82, 2.24) is 10.2 Å². The highest BCUT2D eigenvalue weighted by atomic mass is 16.2. The Hall–Kier alpha value is -0.570. The summed E-state index contributed by atoms with van der Waals surface area (Å²) in [5.74, 6) is 1.61. The number of hydrogen-bond donors (Lipinski definition) is 1. The van der Waals surface area contributed by atoms with E-state index in [9.17, 15) is 4.79 Å². The minimum atomic E-state index is 0.304. The van der Waals surface area contributed by atoms with Gasteiger partial charge in [-0.15, -0.1) is 0 Å². The zero-order valence-electron chi connectivity index (χ0n) is 11.8. The van der Waals surface area contributed by atoms with Gasteiger partial charge in [0, 0.05) is 25.6 Å². The molecule has 2 unspecified atom stereocenters. The summed E-state index contributed by atoms with van der Waals surface area (Å²) in [4.78, 5) is 13.9. The first kappa shape index (κ1) is 14.5. The van der Waals surface area contributed by atoms with E-state index in [4.69, 9.17) is 0 Å².